The number of benzene rings is 1. The molecule has 0 aromatic heterocycles. The van der Waals surface area contributed by atoms with E-state index in [0.29, 0.717) is 11.1 Å². The zero-order chi connectivity index (χ0) is 15.0. The maximum absolute atomic E-state index is 14.8. The largest absolute Gasteiger partial charge is 0.339 e. The molecule has 4 nitrogen and oxygen atoms in total. The molecule has 112 valence electrons. The second-order valence-electron chi connectivity index (χ2n) is 5.92. The molecular formula is C16H19FN2O2. The lowest BCUT2D eigenvalue weighted by atomic mass is 9.87. The summed E-state index contributed by atoms with van der Waals surface area (Å²) in [4.78, 5) is 26.8. The van der Waals surface area contributed by atoms with Crippen molar-refractivity contribution in [3.8, 4) is 0 Å². The molecule has 2 aliphatic heterocycles. The second-order valence-corrected chi connectivity index (χ2v) is 5.92. The van der Waals surface area contributed by atoms with Crippen LogP contribution in [0.5, 0.6) is 0 Å². The summed E-state index contributed by atoms with van der Waals surface area (Å²) in [6, 6.07) is 6.78. The maximum atomic E-state index is 14.8. The Morgan fingerprint density at radius 3 is 2.43 bits per heavy atom. The quantitative estimate of drug-likeness (QED) is 0.835. The lowest BCUT2D eigenvalue weighted by Crippen LogP contribution is -2.58. The molecule has 5 heteroatoms. The Labute approximate surface area is 123 Å². The minimum absolute atomic E-state index is 0.0271. The van der Waals surface area contributed by atoms with Gasteiger partial charge in [0.25, 0.3) is 5.91 Å². The van der Waals surface area contributed by atoms with Gasteiger partial charge in [0.05, 0.1) is 13.1 Å². The van der Waals surface area contributed by atoms with E-state index in [1.807, 2.05) is 4.90 Å². The molecule has 3 rings (SSSR count). The number of hydrogen-bond acceptors (Lipinski definition) is 2. The van der Waals surface area contributed by atoms with Crippen LogP contribution in [-0.2, 0) is 10.5 Å². The van der Waals surface area contributed by atoms with Gasteiger partial charge in [0.15, 0.2) is 5.67 Å². The number of carbonyl (C=O) groups is 2. The van der Waals surface area contributed by atoms with Gasteiger partial charge in [0.1, 0.15) is 0 Å². The summed E-state index contributed by atoms with van der Waals surface area (Å²) in [5.74, 6) is -0.145. The Morgan fingerprint density at radius 2 is 1.81 bits per heavy atom. The molecule has 0 spiro atoms. The first kappa shape index (κ1) is 14.0. The number of likely N-dealkylation sites (tertiary alicyclic amines) is 2. The summed E-state index contributed by atoms with van der Waals surface area (Å²) < 4.78 is 14.8. The van der Waals surface area contributed by atoms with Gasteiger partial charge in [-0.15, -0.1) is 0 Å². The molecule has 2 saturated heterocycles. The van der Waals surface area contributed by atoms with E-state index in [1.54, 1.807) is 24.3 Å². The molecule has 0 saturated carbocycles. The van der Waals surface area contributed by atoms with Crippen LogP contribution in [0.15, 0.2) is 24.3 Å². The van der Waals surface area contributed by atoms with Crippen molar-refractivity contribution in [1.29, 1.82) is 0 Å². The van der Waals surface area contributed by atoms with E-state index >= 15 is 0 Å². The summed E-state index contributed by atoms with van der Waals surface area (Å²) in [5, 5.41) is 0. The first-order valence-corrected chi connectivity index (χ1v) is 7.34. The van der Waals surface area contributed by atoms with E-state index in [1.165, 1.54) is 11.8 Å². The number of rotatable bonds is 2. The molecule has 2 amide bonds. The highest BCUT2D eigenvalue weighted by molar-refractivity contribution is 5.94. The number of alkyl halides is 1. The molecular weight excluding hydrogens is 271 g/mol. The monoisotopic (exact) mass is 290 g/mol. The smallest absolute Gasteiger partial charge is 0.253 e. The molecule has 1 aromatic rings. The van der Waals surface area contributed by atoms with E-state index in [2.05, 4.69) is 0 Å². The maximum Gasteiger partial charge on any atom is 0.253 e. The predicted molar refractivity (Wildman–Crippen MR) is 76.6 cm³/mol. The van der Waals surface area contributed by atoms with Crippen molar-refractivity contribution in [2.75, 3.05) is 26.2 Å². The number of amides is 2. The summed E-state index contributed by atoms with van der Waals surface area (Å²) in [6.45, 7) is 3.14. The van der Waals surface area contributed by atoms with Crippen LogP contribution in [0.1, 0.15) is 35.7 Å². The van der Waals surface area contributed by atoms with Crippen molar-refractivity contribution in [3.05, 3.63) is 35.4 Å². The fourth-order valence-corrected chi connectivity index (χ4v) is 3.00. The van der Waals surface area contributed by atoms with Crippen LogP contribution in [0, 0.1) is 0 Å². The molecule has 2 fully saturated rings. The summed E-state index contributed by atoms with van der Waals surface area (Å²) in [6.07, 6.45) is 2.07. The SMILES string of the molecule is CC(=O)N1CC(F)(c2cccc(C(=O)N3CCCC3)c2)C1. The van der Waals surface area contributed by atoms with E-state index in [9.17, 15) is 14.0 Å². The lowest BCUT2D eigenvalue weighted by molar-refractivity contribution is -0.143. The van der Waals surface area contributed by atoms with Crippen LogP contribution in [-0.4, -0.2) is 47.8 Å². The fraction of sp³-hybridized carbons (Fsp3) is 0.500. The number of carbonyl (C=O) groups excluding carboxylic acids is 2. The van der Waals surface area contributed by atoms with E-state index in [4.69, 9.17) is 0 Å². The highest BCUT2D eigenvalue weighted by atomic mass is 19.1. The van der Waals surface area contributed by atoms with Gasteiger partial charge in [-0.1, -0.05) is 12.1 Å². The van der Waals surface area contributed by atoms with Gasteiger partial charge in [-0.2, -0.15) is 0 Å². The van der Waals surface area contributed by atoms with Crippen molar-refractivity contribution in [2.45, 2.75) is 25.4 Å². The molecule has 1 aromatic carbocycles. The van der Waals surface area contributed by atoms with Crippen LogP contribution >= 0.6 is 0 Å². The van der Waals surface area contributed by atoms with E-state index in [0.717, 1.165) is 25.9 Å². The van der Waals surface area contributed by atoms with E-state index < -0.39 is 5.67 Å². The molecule has 0 aliphatic carbocycles. The third-order valence-corrected chi connectivity index (χ3v) is 4.35. The second kappa shape index (κ2) is 5.13. The average Bonchev–Trinajstić information content (AvgIpc) is 2.97. The van der Waals surface area contributed by atoms with Crippen LogP contribution in [0.4, 0.5) is 4.39 Å². The van der Waals surface area contributed by atoms with Crippen molar-refractivity contribution < 1.29 is 14.0 Å². The first-order chi connectivity index (χ1) is 9.99. The zero-order valence-corrected chi connectivity index (χ0v) is 12.1. The lowest BCUT2D eigenvalue weighted by Gasteiger charge is -2.44. The van der Waals surface area contributed by atoms with Gasteiger partial charge >= 0.3 is 0 Å². The van der Waals surface area contributed by atoms with Crippen molar-refractivity contribution in [1.82, 2.24) is 9.80 Å². The summed E-state index contributed by atoms with van der Waals surface area (Å²) in [7, 11) is 0. The Morgan fingerprint density at radius 1 is 1.14 bits per heavy atom. The van der Waals surface area contributed by atoms with Gasteiger partial charge in [-0.25, -0.2) is 4.39 Å². The molecule has 0 radical (unpaired) electrons. The molecule has 2 heterocycles. The van der Waals surface area contributed by atoms with Crippen LogP contribution in [0.25, 0.3) is 0 Å². The number of halogens is 1. The Hall–Kier alpha value is -1.91. The normalized spacial score (nSPS) is 20.3. The number of nitrogens with zero attached hydrogens (tertiary/aromatic N) is 2. The topological polar surface area (TPSA) is 40.6 Å². The fourth-order valence-electron chi connectivity index (χ4n) is 3.00. The third kappa shape index (κ3) is 2.52. The molecule has 0 atom stereocenters. The zero-order valence-electron chi connectivity index (χ0n) is 12.1. The highest BCUT2D eigenvalue weighted by Gasteiger charge is 2.46. The Kier molecular flexibility index (Phi) is 3.43. The average molecular weight is 290 g/mol. The Bertz CT molecular complexity index is 575. The van der Waals surface area contributed by atoms with Crippen LogP contribution < -0.4 is 0 Å². The molecule has 2 aliphatic rings. The number of hydrogen-bond donors (Lipinski definition) is 0. The van der Waals surface area contributed by atoms with Crippen LogP contribution in [0.3, 0.4) is 0 Å². The molecule has 0 bridgehead atoms. The van der Waals surface area contributed by atoms with Gasteiger partial charge in [-0.3, -0.25) is 9.59 Å². The molecule has 21 heavy (non-hydrogen) atoms. The third-order valence-electron chi connectivity index (χ3n) is 4.35. The summed E-state index contributed by atoms with van der Waals surface area (Å²) >= 11 is 0. The van der Waals surface area contributed by atoms with Gasteiger partial charge in [0, 0.05) is 25.6 Å². The minimum atomic E-state index is -1.52. The predicted octanol–water partition coefficient (Wildman–Crippen LogP) is 1.95. The highest BCUT2D eigenvalue weighted by Crippen LogP contribution is 2.36. The van der Waals surface area contributed by atoms with Crippen LogP contribution in [0.2, 0.25) is 0 Å². The van der Waals surface area contributed by atoms with Crippen molar-refractivity contribution in [2.24, 2.45) is 0 Å². The minimum Gasteiger partial charge on any atom is -0.339 e. The molecule has 0 N–H and O–H groups in total. The first-order valence-electron chi connectivity index (χ1n) is 7.34. The van der Waals surface area contributed by atoms with Gasteiger partial charge in [0.2, 0.25) is 5.91 Å². The van der Waals surface area contributed by atoms with Crippen molar-refractivity contribution >= 4 is 11.8 Å². The van der Waals surface area contributed by atoms with E-state index in [-0.39, 0.29) is 24.9 Å². The van der Waals surface area contributed by atoms with Crippen molar-refractivity contribution in [3.63, 3.8) is 0 Å². The molecule has 0 unspecified atom stereocenters. The van der Waals surface area contributed by atoms with Gasteiger partial charge < -0.3 is 9.80 Å². The summed E-state index contributed by atoms with van der Waals surface area (Å²) in [5.41, 5.74) is -0.495. The Balaban J connectivity index is 1.77. The standard InChI is InChI=1S/C16H19FN2O2/c1-12(20)19-10-16(17,11-19)14-6-4-5-13(9-14)15(21)18-7-2-3-8-18/h4-6,9H,2-3,7-8,10-11H2,1H3. The van der Waals surface area contributed by atoms with Gasteiger partial charge in [-0.05, 0) is 30.5 Å².